The van der Waals surface area contributed by atoms with Crippen molar-refractivity contribution >= 4 is 11.9 Å². The Bertz CT molecular complexity index is 1000. The normalized spacial score (nSPS) is 14.2. The number of allylic oxidation sites excluding steroid dienone is 2. The molecule has 0 radical (unpaired) electrons. The van der Waals surface area contributed by atoms with E-state index in [4.69, 9.17) is 9.47 Å². The first-order valence-corrected chi connectivity index (χ1v) is 27.5. The molecule has 7 heteroatoms. The molecular weight excluding hydrogens is 769 g/mol. The van der Waals surface area contributed by atoms with Gasteiger partial charge in [0.1, 0.15) is 0 Å². The summed E-state index contributed by atoms with van der Waals surface area (Å²) in [6.45, 7) is 14.9. The molecule has 1 saturated carbocycles. The van der Waals surface area contributed by atoms with Crippen molar-refractivity contribution in [3.63, 3.8) is 0 Å². The number of carbonyl (C=O) groups excluding carboxylic acids is 2. The van der Waals surface area contributed by atoms with Crippen LogP contribution in [0.3, 0.4) is 0 Å². The quantitative estimate of drug-likeness (QED) is 0.0370. The molecule has 0 bridgehead atoms. The molecule has 1 aliphatic rings. The van der Waals surface area contributed by atoms with Crippen molar-refractivity contribution in [2.75, 3.05) is 52.5 Å². The minimum Gasteiger partial charge on any atom is -0.465 e. The van der Waals surface area contributed by atoms with Crippen molar-refractivity contribution < 1.29 is 24.2 Å². The second kappa shape index (κ2) is 44.7. The predicted octanol–water partition coefficient (Wildman–Crippen LogP) is 15.0. The maximum atomic E-state index is 13.4. The molecule has 0 heterocycles. The van der Waals surface area contributed by atoms with Crippen LogP contribution in [0.2, 0.25) is 0 Å². The number of unbranched alkanes of at least 4 members (excludes halogenated alkanes) is 22. The van der Waals surface area contributed by atoms with Crippen LogP contribution in [0, 0.1) is 11.8 Å². The SMILES string of the molecule is CCCCCCCC/C=C\CCCCCCCC(=O)OCC(CCCCN(CCN(CCO)CCCCC)C1CCC1)COC(=O)CC(CCCCCC)CCCCCCCC. The van der Waals surface area contributed by atoms with Gasteiger partial charge >= 0.3 is 11.9 Å². The number of nitrogens with zero attached hydrogens (tertiary/aromatic N) is 2. The maximum Gasteiger partial charge on any atom is 0.306 e. The van der Waals surface area contributed by atoms with Gasteiger partial charge in [0.25, 0.3) is 0 Å². The average molecular weight is 875 g/mol. The summed E-state index contributed by atoms with van der Waals surface area (Å²) in [5.74, 6) is 0.274. The first-order valence-electron chi connectivity index (χ1n) is 27.5. The van der Waals surface area contributed by atoms with Crippen LogP contribution in [0.15, 0.2) is 12.2 Å². The van der Waals surface area contributed by atoms with Crippen molar-refractivity contribution in [2.45, 2.75) is 265 Å². The Balaban J connectivity index is 2.63. The van der Waals surface area contributed by atoms with Gasteiger partial charge in [-0.05, 0) is 96.1 Å². The van der Waals surface area contributed by atoms with Gasteiger partial charge in [-0.25, -0.2) is 0 Å². The molecule has 0 aromatic carbocycles. The average Bonchev–Trinajstić information content (AvgIpc) is 3.25. The molecule has 0 spiro atoms. The van der Waals surface area contributed by atoms with Crippen LogP contribution in [0.4, 0.5) is 0 Å². The Morgan fingerprint density at radius 3 is 1.55 bits per heavy atom. The Morgan fingerprint density at radius 2 is 0.984 bits per heavy atom. The molecule has 2 unspecified atom stereocenters. The Kier molecular flexibility index (Phi) is 42.3. The van der Waals surface area contributed by atoms with Crippen molar-refractivity contribution in [1.29, 1.82) is 0 Å². The van der Waals surface area contributed by atoms with Crippen molar-refractivity contribution in [2.24, 2.45) is 11.8 Å². The number of hydrogen-bond donors (Lipinski definition) is 1. The van der Waals surface area contributed by atoms with Gasteiger partial charge in [0.2, 0.25) is 0 Å². The molecule has 62 heavy (non-hydrogen) atoms. The van der Waals surface area contributed by atoms with Gasteiger partial charge in [-0.1, -0.05) is 181 Å². The summed E-state index contributed by atoms with van der Waals surface area (Å²) < 4.78 is 11.9. The molecule has 0 aromatic heterocycles. The Labute approximate surface area is 386 Å². The molecule has 1 fully saturated rings. The van der Waals surface area contributed by atoms with Crippen LogP contribution in [0.1, 0.15) is 259 Å². The van der Waals surface area contributed by atoms with Gasteiger partial charge in [-0.3, -0.25) is 19.4 Å². The van der Waals surface area contributed by atoms with Crippen molar-refractivity contribution in [3.8, 4) is 0 Å². The zero-order chi connectivity index (χ0) is 45.0. The molecule has 1 rings (SSSR count). The molecule has 2 atom stereocenters. The number of hydrogen-bond acceptors (Lipinski definition) is 7. The second-order valence-electron chi connectivity index (χ2n) is 19.4. The molecule has 0 aliphatic heterocycles. The molecule has 0 saturated heterocycles. The fourth-order valence-corrected chi connectivity index (χ4v) is 9.07. The van der Waals surface area contributed by atoms with Crippen LogP contribution in [0.25, 0.3) is 0 Å². The fourth-order valence-electron chi connectivity index (χ4n) is 9.07. The predicted molar refractivity (Wildman–Crippen MR) is 266 cm³/mol. The van der Waals surface area contributed by atoms with Crippen LogP contribution >= 0.6 is 0 Å². The Hall–Kier alpha value is -1.44. The van der Waals surface area contributed by atoms with E-state index >= 15 is 0 Å². The third-order valence-electron chi connectivity index (χ3n) is 13.6. The first kappa shape index (κ1) is 58.6. The highest BCUT2D eigenvalue weighted by Crippen LogP contribution is 2.26. The Morgan fingerprint density at radius 1 is 0.516 bits per heavy atom. The summed E-state index contributed by atoms with van der Waals surface area (Å²) in [5.41, 5.74) is 0. The summed E-state index contributed by atoms with van der Waals surface area (Å²) in [6, 6.07) is 0.683. The highest BCUT2D eigenvalue weighted by molar-refractivity contribution is 5.70. The molecule has 7 nitrogen and oxygen atoms in total. The lowest BCUT2D eigenvalue weighted by atomic mass is 9.91. The number of rotatable bonds is 48. The first-order chi connectivity index (χ1) is 30.5. The maximum absolute atomic E-state index is 13.4. The lowest BCUT2D eigenvalue weighted by Crippen LogP contribution is -2.45. The van der Waals surface area contributed by atoms with E-state index in [1.54, 1.807) is 0 Å². The van der Waals surface area contributed by atoms with Gasteiger partial charge in [0.15, 0.2) is 0 Å². The molecule has 1 N–H and O–H groups in total. The summed E-state index contributed by atoms with van der Waals surface area (Å²) in [6.07, 6.45) is 47.4. The largest absolute Gasteiger partial charge is 0.465 e. The fraction of sp³-hybridized carbons (Fsp3) is 0.927. The van der Waals surface area contributed by atoms with E-state index in [1.807, 2.05) is 0 Å². The molecule has 0 aromatic rings. The number of ether oxygens (including phenoxy) is 2. The van der Waals surface area contributed by atoms with E-state index in [9.17, 15) is 14.7 Å². The van der Waals surface area contributed by atoms with Gasteiger partial charge in [-0.2, -0.15) is 0 Å². The lowest BCUT2D eigenvalue weighted by molar-refractivity contribution is -0.150. The van der Waals surface area contributed by atoms with Gasteiger partial charge in [0.05, 0.1) is 19.8 Å². The number of esters is 2. The van der Waals surface area contributed by atoms with Crippen molar-refractivity contribution in [1.82, 2.24) is 9.80 Å². The molecule has 1 aliphatic carbocycles. The van der Waals surface area contributed by atoms with Crippen LogP contribution in [-0.2, 0) is 19.1 Å². The minimum absolute atomic E-state index is 0.0364. The van der Waals surface area contributed by atoms with Crippen LogP contribution < -0.4 is 0 Å². The van der Waals surface area contributed by atoms with E-state index in [1.165, 1.54) is 173 Å². The van der Waals surface area contributed by atoms with Gasteiger partial charge in [-0.15, -0.1) is 0 Å². The van der Waals surface area contributed by atoms with Crippen LogP contribution in [0.5, 0.6) is 0 Å². The summed E-state index contributed by atoms with van der Waals surface area (Å²) in [7, 11) is 0. The molecular formula is C55H106N2O5. The second-order valence-corrected chi connectivity index (χ2v) is 19.4. The van der Waals surface area contributed by atoms with Gasteiger partial charge in [0, 0.05) is 44.4 Å². The number of carbonyl (C=O) groups is 2. The lowest BCUT2D eigenvalue weighted by Gasteiger charge is -2.39. The van der Waals surface area contributed by atoms with E-state index in [0.717, 1.165) is 77.7 Å². The van der Waals surface area contributed by atoms with E-state index < -0.39 is 0 Å². The number of aliphatic hydroxyl groups is 1. The zero-order valence-electron chi connectivity index (χ0n) is 42.0. The topological polar surface area (TPSA) is 79.3 Å². The smallest absolute Gasteiger partial charge is 0.306 e. The highest BCUT2D eigenvalue weighted by Gasteiger charge is 2.25. The molecule has 0 amide bonds. The van der Waals surface area contributed by atoms with E-state index in [2.05, 4.69) is 49.6 Å². The van der Waals surface area contributed by atoms with Gasteiger partial charge < -0.3 is 14.6 Å². The number of aliphatic hydroxyl groups excluding tert-OH is 1. The highest BCUT2D eigenvalue weighted by atomic mass is 16.5. The van der Waals surface area contributed by atoms with E-state index in [-0.39, 0.29) is 24.5 Å². The summed E-state index contributed by atoms with van der Waals surface area (Å²) in [5, 5.41) is 9.68. The standard InChI is InChI=1S/C55H106N2O5/c1-5-9-13-16-18-19-20-21-22-23-24-25-26-28-31-41-54(59)61-49-52(50-62-55(60)48-51(36-29-15-11-7-3)37-30-27-17-14-10-6-2)38-32-34-43-57(53-39-35-40-53)45-44-56(46-47-58)42-33-12-8-4/h21-22,51-53,58H,5-20,23-50H2,1-4H3/b22-21-. The van der Waals surface area contributed by atoms with Crippen LogP contribution in [-0.4, -0.2) is 85.4 Å². The third kappa shape index (κ3) is 35.9. The van der Waals surface area contributed by atoms with E-state index in [0.29, 0.717) is 38.0 Å². The van der Waals surface area contributed by atoms with Crippen molar-refractivity contribution in [3.05, 3.63) is 12.2 Å². The monoisotopic (exact) mass is 875 g/mol. The zero-order valence-corrected chi connectivity index (χ0v) is 42.0. The third-order valence-corrected chi connectivity index (χ3v) is 13.6. The summed E-state index contributed by atoms with van der Waals surface area (Å²) >= 11 is 0. The summed E-state index contributed by atoms with van der Waals surface area (Å²) in [4.78, 5) is 31.4. The minimum atomic E-state index is -0.104. The molecule has 366 valence electrons.